The van der Waals surface area contributed by atoms with Gasteiger partial charge in [-0.25, -0.2) is 4.98 Å². The number of pyridine rings is 1. The summed E-state index contributed by atoms with van der Waals surface area (Å²) in [5.41, 5.74) is 3.68. The average molecular weight is 355 g/mol. The van der Waals surface area contributed by atoms with E-state index < -0.39 is 0 Å². The Morgan fingerprint density at radius 3 is 2.88 bits per heavy atom. The van der Waals surface area contributed by atoms with Gasteiger partial charge in [-0.2, -0.15) is 5.10 Å². The Morgan fingerprint density at radius 1 is 1.27 bits per heavy atom. The highest BCUT2D eigenvalue weighted by atomic mass is 16.5. The third-order valence-corrected chi connectivity index (χ3v) is 5.29. The molecule has 4 rings (SSSR count). The van der Waals surface area contributed by atoms with Crippen molar-refractivity contribution in [3.8, 4) is 0 Å². The standard InChI is InChI=1S/C19H25N5O2/c1-12-10-15-16(21-23(4)17(15)13(2)26-12)19(25)24-9-8-22(3)18-14(11-24)6-5-7-20-18/h5-7,12-13H,8-11H2,1-4H3/t12-,13+/m1/s1. The lowest BCUT2D eigenvalue weighted by Gasteiger charge is -2.27. The van der Waals surface area contributed by atoms with Crippen LogP contribution in [0.3, 0.4) is 0 Å². The van der Waals surface area contributed by atoms with Crippen LogP contribution in [0.25, 0.3) is 0 Å². The number of fused-ring (bicyclic) bond motifs is 2. The summed E-state index contributed by atoms with van der Waals surface area (Å²) in [6, 6.07) is 3.96. The van der Waals surface area contributed by atoms with E-state index in [4.69, 9.17) is 4.74 Å². The first-order valence-electron chi connectivity index (χ1n) is 9.11. The number of nitrogens with zero attached hydrogens (tertiary/aromatic N) is 5. The number of aromatic nitrogens is 3. The van der Waals surface area contributed by atoms with Gasteiger partial charge < -0.3 is 14.5 Å². The SMILES string of the molecule is C[C@@H]1Cc2c(C(=O)N3CCN(C)c4ncccc4C3)nn(C)c2[C@H](C)O1. The summed E-state index contributed by atoms with van der Waals surface area (Å²) < 4.78 is 7.72. The minimum absolute atomic E-state index is 0.00625. The highest BCUT2D eigenvalue weighted by molar-refractivity contribution is 5.94. The zero-order valence-electron chi connectivity index (χ0n) is 15.8. The molecule has 2 aliphatic heterocycles. The lowest BCUT2D eigenvalue weighted by atomic mass is 9.99. The molecule has 0 spiro atoms. The number of hydrogen-bond donors (Lipinski definition) is 0. The van der Waals surface area contributed by atoms with Crippen molar-refractivity contribution in [2.24, 2.45) is 7.05 Å². The van der Waals surface area contributed by atoms with E-state index in [1.165, 1.54) is 0 Å². The fourth-order valence-electron chi connectivity index (χ4n) is 4.09. The van der Waals surface area contributed by atoms with E-state index in [9.17, 15) is 4.79 Å². The Kier molecular flexibility index (Phi) is 4.19. The van der Waals surface area contributed by atoms with Gasteiger partial charge in [0, 0.05) is 57.5 Å². The minimum Gasteiger partial charge on any atom is -0.369 e. The first kappa shape index (κ1) is 17.0. The normalized spacial score (nSPS) is 22.6. The average Bonchev–Trinajstić information content (AvgIpc) is 2.84. The molecule has 7 heteroatoms. The largest absolute Gasteiger partial charge is 0.369 e. The van der Waals surface area contributed by atoms with Crippen LogP contribution in [-0.2, 0) is 24.8 Å². The molecule has 0 saturated carbocycles. The van der Waals surface area contributed by atoms with Crippen LogP contribution < -0.4 is 4.90 Å². The second-order valence-corrected chi connectivity index (χ2v) is 7.26. The third kappa shape index (κ3) is 2.76. The molecule has 0 aromatic carbocycles. The summed E-state index contributed by atoms with van der Waals surface area (Å²) >= 11 is 0. The van der Waals surface area contributed by atoms with Crippen molar-refractivity contribution in [3.63, 3.8) is 0 Å². The van der Waals surface area contributed by atoms with E-state index in [0.717, 1.165) is 35.6 Å². The van der Waals surface area contributed by atoms with Crippen molar-refractivity contribution in [1.29, 1.82) is 0 Å². The maximum Gasteiger partial charge on any atom is 0.275 e. The van der Waals surface area contributed by atoms with Crippen LogP contribution in [0.5, 0.6) is 0 Å². The lowest BCUT2D eigenvalue weighted by Crippen LogP contribution is -2.35. The molecule has 2 aromatic rings. The molecular weight excluding hydrogens is 330 g/mol. The summed E-state index contributed by atoms with van der Waals surface area (Å²) in [6.07, 6.45) is 2.56. The van der Waals surface area contributed by atoms with Crippen LogP contribution in [0.15, 0.2) is 18.3 Å². The Hall–Kier alpha value is -2.41. The molecule has 0 unspecified atom stereocenters. The fourth-order valence-corrected chi connectivity index (χ4v) is 4.09. The predicted molar refractivity (Wildman–Crippen MR) is 98.1 cm³/mol. The summed E-state index contributed by atoms with van der Waals surface area (Å²) in [5, 5.41) is 4.57. The molecule has 2 aliphatic rings. The van der Waals surface area contributed by atoms with Crippen molar-refractivity contribution in [2.45, 2.75) is 39.0 Å². The van der Waals surface area contributed by atoms with E-state index in [0.29, 0.717) is 18.8 Å². The number of ether oxygens (including phenoxy) is 1. The van der Waals surface area contributed by atoms with Gasteiger partial charge in [0.2, 0.25) is 0 Å². The van der Waals surface area contributed by atoms with E-state index >= 15 is 0 Å². The Bertz CT molecular complexity index is 846. The van der Waals surface area contributed by atoms with Gasteiger partial charge >= 0.3 is 0 Å². The summed E-state index contributed by atoms with van der Waals surface area (Å²) in [4.78, 5) is 21.8. The number of aryl methyl sites for hydroxylation is 1. The van der Waals surface area contributed by atoms with E-state index in [2.05, 4.69) is 15.0 Å². The van der Waals surface area contributed by atoms with Gasteiger partial charge in [-0.1, -0.05) is 6.07 Å². The van der Waals surface area contributed by atoms with E-state index in [1.54, 1.807) is 10.9 Å². The molecule has 7 nitrogen and oxygen atoms in total. The van der Waals surface area contributed by atoms with Crippen LogP contribution in [0, 0.1) is 0 Å². The molecular formula is C19H25N5O2. The third-order valence-electron chi connectivity index (χ3n) is 5.29. The maximum atomic E-state index is 13.3. The van der Waals surface area contributed by atoms with Crippen LogP contribution >= 0.6 is 0 Å². The first-order chi connectivity index (χ1) is 12.5. The number of anilines is 1. The summed E-state index contributed by atoms with van der Waals surface area (Å²) in [5.74, 6) is 0.940. The molecule has 138 valence electrons. The second kappa shape index (κ2) is 6.39. The Balaban J connectivity index is 1.68. The highest BCUT2D eigenvalue weighted by Crippen LogP contribution is 2.32. The Labute approximate surface area is 153 Å². The number of carbonyl (C=O) groups is 1. The van der Waals surface area contributed by atoms with Crippen molar-refractivity contribution >= 4 is 11.7 Å². The molecule has 0 aliphatic carbocycles. The van der Waals surface area contributed by atoms with Crippen LogP contribution in [0.4, 0.5) is 5.82 Å². The highest BCUT2D eigenvalue weighted by Gasteiger charge is 2.33. The molecule has 0 fully saturated rings. The molecule has 1 amide bonds. The number of hydrogen-bond acceptors (Lipinski definition) is 5. The van der Waals surface area contributed by atoms with E-state index in [-0.39, 0.29) is 18.1 Å². The molecule has 2 aromatic heterocycles. The summed E-state index contributed by atoms with van der Waals surface area (Å²) in [6.45, 7) is 6.02. The van der Waals surface area contributed by atoms with Crippen molar-refractivity contribution in [2.75, 3.05) is 25.0 Å². The maximum absolute atomic E-state index is 13.3. The lowest BCUT2D eigenvalue weighted by molar-refractivity contribution is -0.00906. The monoisotopic (exact) mass is 355 g/mol. The molecule has 0 bridgehead atoms. The van der Waals surface area contributed by atoms with Crippen molar-refractivity contribution in [1.82, 2.24) is 19.7 Å². The molecule has 2 atom stereocenters. The van der Waals surface area contributed by atoms with Gasteiger partial charge in [0.15, 0.2) is 5.69 Å². The fraction of sp³-hybridized carbons (Fsp3) is 0.526. The minimum atomic E-state index is -0.0482. The number of likely N-dealkylation sites (N-methyl/N-ethyl adjacent to an activating group) is 1. The van der Waals surface area contributed by atoms with Crippen LogP contribution in [-0.4, -0.2) is 51.8 Å². The van der Waals surface area contributed by atoms with Crippen molar-refractivity contribution < 1.29 is 9.53 Å². The van der Waals surface area contributed by atoms with Gasteiger partial charge in [0.25, 0.3) is 5.91 Å². The Morgan fingerprint density at radius 2 is 2.08 bits per heavy atom. The van der Waals surface area contributed by atoms with Crippen molar-refractivity contribution in [3.05, 3.63) is 40.8 Å². The molecule has 0 radical (unpaired) electrons. The topological polar surface area (TPSA) is 63.5 Å². The van der Waals surface area contributed by atoms with E-state index in [1.807, 2.05) is 45.0 Å². The summed E-state index contributed by atoms with van der Waals surface area (Å²) in [7, 11) is 3.91. The second-order valence-electron chi connectivity index (χ2n) is 7.26. The number of amides is 1. The number of carbonyl (C=O) groups excluding carboxylic acids is 1. The van der Waals surface area contributed by atoms with Crippen LogP contribution in [0.1, 0.15) is 47.3 Å². The smallest absolute Gasteiger partial charge is 0.275 e. The molecule has 4 heterocycles. The van der Waals surface area contributed by atoms with Crippen LogP contribution in [0.2, 0.25) is 0 Å². The molecule has 0 N–H and O–H groups in total. The zero-order chi connectivity index (χ0) is 18.4. The molecule has 0 saturated heterocycles. The first-order valence-corrected chi connectivity index (χ1v) is 9.11. The molecule has 26 heavy (non-hydrogen) atoms. The van der Waals surface area contributed by atoms with Gasteiger partial charge in [-0.3, -0.25) is 9.48 Å². The number of rotatable bonds is 1. The predicted octanol–water partition coefficient (Wildman–Crippen LogP) is 1.93. The van der Waals surface area contributed by atoms with Gasteiger partial charge in [0.05, 0.1) is 17.9 Å². The zero-order valence-corrected chi connectivity index (χ0v) is 15.8. The van der Waals surface area contributed by atoms with Gasteiger partial charge in [-0.05, 0) is 19.9 Å². The van der Waals surface area contributed by atoms with Gasteiger partial charge in [-0.15, -0.1) is 0 Å². The quantitative estimate of drug-likeness (QED) is 0.782. The van der Waals surface area contributed by atoms with Gasteiger partial charge in [0.1, 0.15) is 5.82 Å².